The number of anilines is 1. The van der Waals surface area contributed by atoms with Crippen LogP contribution in [0, 0.1) is 0 Å². The molecule has 9 heteroatoms. The minimum absolute atomic E-state index is 0.157. The first-order chi connectivity index (χ1) is 9.44. The predicted molar refractivity (Wildman–Crippen MR) is 80.2 cm³/mol. The Morgan fingerprint density at radius 1 is 1.35 bits per heavy atom. The second-order valence-corrected chi connectivity index (χ2v) is 7.85. The molecular formula is C11H10N2O4S3. The van der Waals surface area contributed by atoms with Gasteiger partial charge < -0.3 is 5.32 Å². The van der Waals surface area contributed by atoms with Crippen molar-refractivity contribution in [3.63, 3.8) is 0 Å². The summed E-state index contributed by atoms with van der Waals surface area (Å²) in [6.45, 7) is 0. The van der Waals surface area contributed by atoms with Crippen LogP contribution in [0.4, 0.5) is 5.13 Å². The Morgan fingerprint density at radius 2 is 2.05 bits per heavy atom. The summed E-state index contributed by atoms with van der Waals surface area (Å²) >= 11 is 1.24. The van der Waals surface area contributed by atoms with E-state index in [1.807, 2.05) is 30.3 Å². The van der Waals surface area contributed by atoms with E-state index in [-0.39, 0.29) is 16.5 Å². The first-order valence-corrected chi connectivity index (χ1v) is 9.19. The summed E-state index contributed by atoms with van der Waals surface area (Å²) in [5.41, 5.74) is 1.66. The largest absolute Gasteiger partial charge is 0.320 e. The van der Waals surface area contributed by atoms with Gasteiger partial charge in [-0.3, -0.25) is 9.35 Å². The molecule has 0 bridgehead atoms. The van der Waals surface area contributed by atoms with E-state index in [2.05, 4.69) is 10.3 Å². The molecule has 0 saturated carbocycles. The SMILES string of the molecule is O=C(CSS(=O)(=O)O)Nc1nc(-c2ccccc2)cs1. The molecule has 0 atom stereocenters. The fourth-order valence-corrected chi connectivity index (χ4v) is 3.19. The molecular weight excluding hydrogens is 320 g/mol. The number of aromatic nitrogens is 1. The molecule has 1 aromatic heterocycles. The number of hydrogen-bond acceptors (Lipinski definition) is 6. The minimum Gasteiger partial charge on any atom is -0.301 e. The van der Waals surface area contributed by atoms with Crippen LogP contribution in [0.1, 0.15) is 0 Å². The van der Waals surface area contributed by atoms with Crippen molar-refractivity contribution < 1.29 is 17.8 Å². The molecule has 0 radical (unpaired) electrons. The topological polar surface area (TPSA) is 96.4 Å². The summed E-state index contributed by atoms with van der Waals surface area (Å²) in [7, 11) is -4.05. The van der Waals surface area contributed by atoms with Crippen LogP contribution >= 0.6 is 22.1 Å². The lowest BCUT2D eigenvalue weighted by Gasteiger charge is -1.99. The van der Waals surface area contributed by atoms with Gasteiger partial charge in [0.1, 0.15) is 0 Å². The van der Waals surface area contributed by atoms with Gasteiger partial charge in [0.2, 0.25) is 5.91 Å². The van der Waals surface area contributed by atoms with Gasteiger partial charge in [0, 0.05) is 21.7 Å². The third-order valence-corrected chi connectivity index (χ3v) is 4.84. The Hall–Kier alpha value is -1.42. The molecule has 0 unspecified atom stereocenters. The Bertz CT molecular complexity index is 697. The maximum Gasteiger partial charge on any atom is 0.320 e. The number of nitrogens with one attached hydrogen (secondary N) is 1. The molecule has 0 aliphatic rings. The zero-order valence-corrected chi connectivity index (χ0v) is 12.5. The van der Waals surface area contributed by atoms with Crippen molar-refractivity contribution in [1.29, 1.82) is 0 Å². The molecule has 0 spiro atoms. The molecule has 2 rings (SSSR count). The van der Waals surface area contributed by atoms with Crippen molar-refractivity contribution in [3.8, 4) is 11.3 Å². The lowest BCUT2D eigenvalue weighted by Crippen LogP contribution is -2.15. The maximum atomic E-state index is 11.5. The molecule has 106 valence electrons. The van der Waals surface area contributed by atoms with Crippen LogP contribution in [-0.4, -0.2) is 29.6 Å². The van der Waals surface area contributed by atoms with Gasteiger partial charge in [-0.25, -0.2) is 4.98 Å². The van der Waals surface area contributed by atoms with Gasteiger partial charge in [-0.15, -0.1) is 11.3 Å². The highest BCUT2D eigenvalue weighted by molar-refractivity contribution is 8.70. The van der Waals surface area contributed by atoms with Gasteiger partial charge in [0.15, 0.2) is 5.13 Å². The number of nitrogens with zero attached hydrogens (tertiary/aromatic N) is 1. The zero-order valence-electron chi connectivity index (χ0n) is 10.0. The molecule has 1 aromatic carbocycles. The quantitative estimate of drug-likeness (QED) is 0.645. The highest BCUT2D eigenvalue weighted by atomic mass is 33.1. The molecule has 0 fully saturated rings. The Morgan fingerprint density at radius 3 is 2.70 bits per heavy atom. The lowest BCUT2D eigenvalue weighted by molar-refractivity contribution is -0.113. The molecule has 2 aromatic rings. The molecule has 0 saturated heterocycles. The van der Waals surface area contributed by atoms with Gasteiger partial charge in [-0.2, -0.15) is 8.42 Å². The van der Waals surface area contributed by atoms with Crippen molar-refractivity contribution in [3.05, 3.63) is 35.7 Å². The van der Waals surface area contributed by atoms with E-state index in [1.165, 1.54) is 11.3 Å². The molecule has 0 aliphatic heterocycles. The van der Waals surface area contributed by atoms with Gasteiger partial charge in [0.05, 0.1) is 11.4 Å². The summed E-state index contributed by atoms with van der Waals surface area (Å²) < 4.78 is 29.5. The fraction of sp³-hybridized carbons (Fsp3) is 0.0909. The van der Waals surface area contributed by atoms with E-state index in [1.54, 1.807) is 5.38 Å². The molecule has 1 amide bonds. The van der Waals surface area contributed by atoms with Gasteiger partial charge in [-0.05, 0) is 0 Å². The molecule has 1 heterocycles. The summed E-state index contributed by atoms with van der Waals surface area (Å²) in [6, 6.07) is 9.46. The molecule has 2 N–H and O–H groups in total. The number of carbonyl (C=O) groups excluding carboxylic acids is 1. The van der Waals surface area contributed by atoms with Crippen LogP contribution in [0.3, 0.4) is 0 Å². The van der Waals surface area contributed by atoms with E-state index >= 15 is 0 Å². The predicted octanol–water partition coefficient (Wildman–Crippen LogP) is 2.28. The van der Waals surface area contributed by atoms with E-state index < -0.39 is 15.1 Å². The van der Waals surface area contributed by atoms with Gasteiger partial charge in [0.25, 0.3) is 0 Å². The monoisotopic (exact) mass is 330 g/mol. The third-order valence-electron chi connectivity index (χ3n) is 2.16. The van der Waals surface area contributed by atoms with Gasteiger partial charge in [-0.1, -0.05) is 30.3 Å². The maximum absolute atomic E-state index is 11.5. The number of carbonyl (C=O) groups is 1. The van der Waals surface area contributed by atoms with E-state index in [9.17, 15) is 13.2 Å². The smallest absolute Gasteiger partial charge is 0.301 e. The lowest BCUT2D eigenvalue weighted by atomic mass is 10.2. The van der Waals surface area contributed by atoms with Crippen LogP contribution in [0.2, 0.25) is 0 Å². The molecule has 0 aliphatic carbocycles. The number of amides is 1. The van der Waals surface area contributed by atoms with Crippen LogP contribution in [0.5, 0.6) is 0 Å². The number of thiazole rings is 1. The van der Waals surface area contributed by atoms with Crippen LogP contribution in [0.25, 0.3) is 11.3 Å². The van der Waals surface area contributed by atoms with E-state index in [0.717, 1.165) is 11.3 Å². The van der Waals surface area contributed by atoms with E-state index in [0.29, 0.717) is 5.13 Å². The van der Waals surface area contributed by atoms with Crippen molar-refractivity contribution in [2.75, 3.05) is 11.1 Å². The summed E-state index contributed by atoms with van der Waals surface area (Å²) in [5, 5.41) is 4.65. The first kappa shape index (κ1) is 15.0. The van der Waals surface area contributed by atoms with Crippen molar-refractivity contribution >= 4 is 42.3 Å². The Balaban J connectivity index is 1.98. The second kappa shape index (κ2) is 6.35. The van der Waals surface area contributed by atoms with Crippen LogP contribution in [0.15, 0.2) is 35.7 Å². The zero-order chi connectivity index (χ0) is 14.6. The fourth-order valence-electron chi connectivity index (χ4n) is 1.36. The normalized spacial score (nSPS) is 11.2. The summed E-state index contributed by atoms with van der Waals surface area (Å²) in [6.07, 6.45) is 0. The standard InChI is InChI=1S/C11H10N2O4S3/c14-10(7-19-20(15,16)17)13-11-12-9(6-18-11)8-4-2-1-3-5-8/h1-6H,7H2,(H,12,13,14)(H,15,16,17). The van der Waals surface area contributed by atoms with Gasteiger partial charge >= 0.3 is 9.15 Å². The average molecular weight is 330 g/mol. The number of hydrogen-bond donors (Lipinski definition) is 2. The summed E-state index contributed by atoms with van der Waals surface area (Å²) in [5.74, 6) is -0.930. The third kappa shape index (κ3) is 4.60. The van der Waals surface area contributed by atoms with E-state index in [4.69, 9.17) is 4.55 Å². The Labute approximate surface area is 123 Å². The highest BCUT2D eigenvalue weighted by Crippen LogP contribution is 2.24. The highest BCUT2D eigenvalue weighted by Gasteiger charge is 2.12. The Kier molecular flexibility index (Phi) is 4.76. The molecule has 20 heavy (non-hydrogen) atoms. The minimum atomic E-state index is -4.21. The molecule has 6 nitrogen and oxygen atoms in total. The average Bonchev–Trinajstić information content (AvgIpc) is 2.85. The van der Waals surface area contributed by atoms with Crippen LogP contribution < -0.4 is 5.32 Å². The van der Waals surface area contributed by atoms with Crippen molar-refractivity contribution in [2.45, 2.75) is 0 Å². The number of rotatable bonds is 5. The van der Waals surface area contributed by atoms with Crippen molar-refractivity contribution in [2.24, 2.45) is 0 Å². The van der Waals surface area contributed by atoms with Crippen LogP contribution in [-0.2, 0) is 13.9 Å². The second-order valence-electron chi connectivity index (χ2n) is 3.64. The van der Waals surface area contributed by atoms with Crippen molar-refractivity contribution in [1.82, 2.24) is 4.98 Å². The first-order valence-electron chi connectivity index (χ1n) is 5.37. The number of benzene rings is 1. The summed E-state index contributed by atoms with van der Waals surface area (Å²) in [4.78, 5) is 15.7.